The fourth-order valence-electron chi connectivity index (χ4n) is 2.48. The standard InChI is InChI=1S/C16H22ClN3O2/c1-3-18-15(21)10-20(4-2)16(22)19-14-9-12(14)11-7-5-6-8-13(11)17/h5-8,12,14H,3-4,9-10H2,1-2H3,(H,18,21)(H,19,22). The fraction of sp³-hybridized carbons (Fsp3) is 0.500. The van der Waals surface area contributed by atoms with Gasteiger partial charge in [0.15, 0.2) is 0 Å². The van der Waals surface area contributed by atoms with Gasteiger partial charge in [0, 0.05) is 30.1 Å². The highest BCUT2D eigenvalue weighted by Crippen LogP contribution is 2.43. The molecule has 1 aromatic carbocycles. The summed E-state index contributed by atoms with van der Waals surface area (Å²) in [6.45, 7) is 4.85. The summed E-state index contributed by atoms with van der Waals surface area (Å²) in [5.41, 5.74) is 1.07. The molecule has 0 heterocycles. The zero-order chi connectivity index (χ0) is 16.1. The maximum Gasteiger partial charge on any atom is 0.318 e. The van der Waals surface area contributed by atoms with Crippen LogP contribution >= 0.6 is 11.6 Å². The molecule has 0 saturated heterocycles. The van der Waals surface area contributed by atoms with Crippen molar-refractivity contribution in [3.63, 3.8) is 0 Å². The summed E-state index contributed by atoms with van der Waals surface area (Å²) in [5.74, 6) is 0.124. The molecule has 2 unspecified atom stereocenters. The zero-order valence-electron chi connectivity index (χ0n) is 12.9. The summed E-state index contributed by atoms with van der Waals surface area (Å²) in [5, 5.41) is 6.41. The molecule has 2 atom stereocenters. The molecule has 1 fully saturated rings. The third kappa shape index (κ3) is 4.13. The van der Waals surface area contributed by atoms with Gasteiger partial charge in [0.1, 0.15) is 6.54 Å². The molecule has 0 radical (unpaired) electrons. The highest BCUT2D eigenvalue weighted by atomic mass is 35.5. The minimum atomic E-state index is -0.201. The van der Waals surface area contributed by atoms with E-state index in [1.807, 2.05) is 38.1 Å². The lowest BCUT2D eigenvalue weighted by molar-refractivity contribution is -0.121. The first kappa shape index (κ1) is 16.6. The Hall–Kier alpha value is -1.75. The number of halogens is 1. The second-order valence-corrected chi connectivity index (χ2v) is 5.79. The van der Waals surface area contributed by atoms with Crippen LogP contribution in [0.5, 0.6) is 0 Å². The van der Waals surface area contributed by atoms with Crippen molar-refractivity contribution < 1.29 is 9.59 Å². The number of benzene rings is 1. The van der Waals surface area contributed by atoms with Crippen LogP contribution in [-0.2, 0) is 4.79 Å². The molecule has 0 aromatic heterocycles. The normalized spacial score (nSPS) is 19.4. The lowest BCUT2D eigenvalue weighted by atomic mass is 10.1. The quantitative estimate of drug-likeness (QED) is 0.844. The van der Waals surface area contributed by atoms with E-state index in [2.05, 4.69) is 10.6 Å². The first-order valence-electron chi connectivity index (χ1n) is 7.63. The van der Waals surface area contributed by atoms with Crippen LogP contribution in [0, 0.1) is 0 Å². The molecule has 120 valence electrons. The van der Waals surface area contributed by atoms with Crippen LogP contribution in [0.3, 0.4) is 0 Å². The molecule has 1 aliphatic rings. The smallest absolute Gasteiger partial charge is 0.318 e. The molecule has 0 bridgehead atoms. The Labute approximate surface area is 136 Å². The van der Waals surface area contributed by atoms with E-state index >= 15 is 0 Å². The van der Waals surface area contributed by atoms with Crippen molar-refractivity contribution >= 4 is 23.5 Å². The minimum Gasteiger partial charge on any atom is -0.355 e. The average molecular weight is 324 g/mol. The van der Waals surface area contributed by atoms with Crippen LogP contribution in [0.4, 0.5) is 4.79 Å². The highest BCUT2D eigenvalue weighted by Gasteiger charge is 2.41. The minimum absolute atomic E-state index is 0.0830. The van der Waals surface area contributed by atoms with E-state index in [9.17, 15) is 9.59 Å². The largest absolute Gasteiger partial charge is 0.355 e. The molecule has 3 amide bonds. The molecule has 1 aliphatic carbocycles. The van der Waals surface area contributed by atoms with Gasteiger partial charge in [-0.1, -0.05) is 29.8 Å². The van der Waals surface area contributed by atoms with Crippen LogP contribution < -0.4 is 10.6 Å². The predicted molar refractivity (Wildman–Crippen MR) is 87.1 cm³/mol. The lowest BCUT2D eigenvalue weighted by Crippen LogP contribution is -2.46. The van der Waals surface area contributed by atoms with Crippen molar-refractivity contribution in [3.05, 3.63) is 34.9 Å². The maximum absolute atomic E-state index is 12.2. The molecule has 6 heteroatoms. The molecular formula is C16H22ClN3O2. The van der Waals surface area contributed by atoms with E-state index in [0.717, 1.165) is 17.0 Å². The summed E-state index contributed by atoms with van der Waals surface area (Å²) in [7, 11) is 0. The first-order chi connectivity index (χ1) is 10.6. The SMILES string of the molecule is CCNC(=O)CN(CC)C(=O)NC1CC1c1ccccc1Cl. The van der Waals surface area contributed by atoms with E-state index in [4.69, 9.17) is 11.6 Å². The summed E-state index contributed by atoms with van der Waals surface area (Å²) in [6, 6.07) is 7.59. The number of urea groups is 1. The number of carbonyl (C=O) groups excluding carboxylic acids is 2. The molecular weight excluding hydrogens is 302 g/mol. The van der Waals surface area contributed by atoms with Crippen molar-refractivity contribution in [2.45, 2.75) is 32.2 Å². The Kier molecular flexibility index (Phi) is 5.66. The first-order valence-corrected chi connectivity index (χ1v) is 8.01. The summed E-state index contributed by atoms with van der Waals surface area (Å²) in [6.07, 6.45) is 0.883. The van der Waals surface area contributed by atoms with Gasteiger partial charge in [-0.2, -0.15) is 0 Å². The molecule has 0 spiro atoms. The van der Waals surface area contributed by atoms with Crippen molar-refractivity contribution in [1.29, 1.82) is 0 Å². The van der Waals surface area contributed by atoms with Gasteiger partial charge < -0.3 is 15.5 Å². The Morgan fingerprint density at radius 2 is 2.05 bits per heavy atom. The Morgan fingerprint density at radius 3 is 2.68 bits per heavy atom. The number of likely N-dealkylation sites (N-methyl/N-ethyl adjacent to an activating group) is 2. The van der Waals surface area contributed by atoms with Gasteiger partial charge in [-0.3, -0.25) is 4.79 Å². The van der Waals surface area contributed by atoms with E-state index in [-0.39, 0.29) is 30.4 Å². The molecule has 0 aliphatic heterocycles. The number of rotatable bonds is 6. The van der Waals surface area contributed by atoms with E-state index < -0.39 is 0 Å². The van der Waals surface area contributed by atoms with Crippen LogP contribution in [0.25, 0.3) is 0 Å². The second-order valence-electron chi connectivity index (χ2n) is 5.39. The zero-order valence-corrected chi connectivity index (χ0v) is 13.7. The Morgan fingerprint density at radius 1 is 1.32 bits per heavy atom. The van der Waals surface area contributed by atoms with Gasteiger partial charge in [0.2, 0.25) is 5.91 Å². The van der Waals surface area contributed by atoms with Gasteiger partial charge in [-0.15, -0.1) is 0 Å². The van der Waals surface area contributed by atoms with Crippen LogP contribution in [0.15, 0.2) is 24.3 Å². The molecule has 1 saturated carbocycles. The second kappa shape index (κ2) is 7.49. The highest BCUT2D eigenvalue weighted by molar-refractivity contribution is 6.31. The van der Waals surface area contributed by atoms with Gasteiger partial charge in [-0.25, -0.2) is 4.79 Å². The molecule has 22 heavy (non-hydrogen) atoms. The Balaban J connectivity index is 1.87. The molecule has 2 N–H and O–H groups in total. The number of nitrogens with zero attached hydrogens (tertiary/aromatic N) is 1. The lowest BCUT2D eigenvalue weighted by Gasteiger charge is -2.21. The van der Waals surface area contributed by atoms with Crippen molar-refractivity contribution in [2.75, 3.05) is 19.6 Å². The third-order valence-electron chi connectivity index (χ3n) is 3.78. The average Bonchev–Trinajstić information content (AvgIpc) is 3.24. The van der Waals surface area contributed by atoms with Gasteiger partial charge in [0.05, 0.1) is 0 Å². The fourth-order valence-corrected chi connectivity index (χ4v) is 2.75. The predicted octanol–water partition coefficient (Wildman–Crippen LogP) is 2.36. The van der Waals surface area contributed by atoms with Crippen molar-refractivity contribution in [2.24, 2.45) is 0 Å². The number of carbonyl (C=O) groups is 2. The van der Waals surface area contributed by atoms with Crippen LogP contribution in [0.2, 0.25) is 5.02 Å². The van der Waals surface area contributed by atoms with Gasteiger partial charge in [-0.05, 0) is 31.9 Å². The molecule has 5 nitrogen and oxygen atoms in total. The van der Waals surface area contributed by atoms with E-state index in [1.54, 1.807) is 0 Å². The van der Waals surface area contributed by atoms with Gasteiger partial charge in [0.25, 0.3) is 0 Å². The topological polar surface area (TPSA) is 61.4 Å². The van der Waals surface area contributed by atoms with E-state index in [1.165, 1.54) is 4.90 Å². The van der Waals surface area contributed by atoms with Crippen molar-refractivity contribution in [3.8, 4) is 0 Å². The number of hydrogen-bond donors (Lipinski definition) is 2. The van der Waals surface area contributed by atoms with Crippen molar-refractivity contribution in [1.82, 2.24) is 15.5 Å². The molecule has 2 rings (SSSR count). The number of amides is 3. The summed E-state index contributed by atoms with van der Waals surface area (Å²) >= 11 is 6.18. The van der Waals surface area contributed by atoms with E-state index in [0.29, 0.717) is 13.1 Å². The number of hydrogen-bond acceptors (Lipinski definition) is 2. The van der Waals surface area contributed by atoms with Crippen LogP contribution in [0.1, 0.15) is 31.7 Å². The summed E-state index contributed by atoms with van der Waals surface area (Å²) < 4.78 is 0. The summed E-state index contributed by atoms with van der Waals surface area (Å²) in [4.78, 5) is 25.3. The maximum atomic E-state index is 12.2. The monoisotopic (exact) mass is 323 g/mol. The van der Waals surface area contributed by atoms with Gasteiger partial charge >= 0.3 is 6.03 Å². The molecule has 1 aromatic rings. The number of nitrogens with one attached hydrogen (secondary N) is 2. The third-order valence-corrected chi connectivity index (χ3v) is 4.13. The Bertz CT molecular complexity index is 550. The van der Waals surface area contributed by atoms with Crippen LogP contribution in [-0.4, -0.2) is 42.5 Å².